The van der Waals surface area contributed by atoms with Gasteiger partial charge < -0.3 is 15.7 Å². The summed E-state index contributed by atoms with van der Waals surface area (Å²) in [4.78, 5) is 36.8. The summed E-state index contributed by atoms with van der Waals surface area (Å²) in [5, 5.41) is 9.16. The van der Waals surface area contributed by atoms with Gasteiger partial charge in [-0.05, 0) is 24.2 Å². The molecule has 20 heavy (non-hydrogen) atoms. The first-order chi connectivity index (χ1) is 9.17. The molecule has 1 aliphatic heterocycles. The van der Waals surface area contributed by atoms with Crippen molar-refractivity contribution in [3.63, 3.8) is 0 Å². The van der Waals surface area contributed by atoms with E-state index in [4.69, 9.17) is 10.8 Å². The zero-order valence-corrected chi connectivity index (χ0v) is 12.1. The fourth-order valence-corrected chi connectivity index (χ4v) is 3.41. The van der Waals surface area contributed by atoms with Crippen molar-refractivity contribution in [3.8, 4) is 0 Å². The Labute approximate surface area is 118 Å². The minimum Gasteiger partial charge on any atom is -0.481 e. The quantitative estimate of drug-likeness (QED) is 0.785. The molecule has 1 heterocycles. The Balaban J connectivity index is 2.16. The number of piperidine rings is 1. The van der Waals surface area contributed by atoms with Crippen LogP contribution in [0.3, 0.4) is 0 Å². The van der Waals surface area contributed by atoms with E-state index < -0.39 is 35.2 Å². The van der Waals surface area contributed by atoms with E-state index in [1.165, 1.54) is 4.90 Å². The lowest BCUT2D eigenvalue weighted by Gasteiger charge is -2.37. The Kier molecular flexibility index (Phi) is 3.52. The molecule has 4 atom stereocenters. The van der Waals surface area contributed by atoms with Crippen molar-refractivity contribution >= 4 is 17.8 Å². The standard InChI is InChI=1S/C14H22N2O4/c1-7-4-5-16(8(6-7)11(15)17)12(18)9-10(13(19)20)14(9,2)3/h7-10H,4-6H2,1-3H3,(H2,15,17)(H,19,20)/t7?,8?,9-,10+/m0/s1. The van der Waals surface area contributed by atoms with E-state index in [0.717, 1.165) is 6.42 Å². The highest BCUT2D eigenvalue weighted by Gasteiger charge is 2.67. The number of carboxylic acids is 1. The van der Waals surface area contributed by atoms with Crippen LogP contribution in [-0.4, -0.2) is 40.4 Å². The number of nitrogens with zero attached hydrogens (tertiary/aromatic N) is 1. The van der Waals surface area contributed by atoms with Crippen molar-refractivity contribution in [2.24, 2.45) is 28.9 Å². The third-order valence-corrected chi connectivity index (χ3v) is 4.84. The van der Waals surface area contributed by atoms with Crippen LogP contribution in [0.15, 0.2) is 0 Å². The van der Waals surface area contributed by atoms with Crippen LogP contribution in [0.5, 0.6) is 0 Å². The van der Waals surface area contributed by atoms with E-state index in [1.54, 1.807) is 13.8 Å². The number of carboxylic acid groups (broad SMARTS) is 1. The number of carbonyl (C=O) groups is 3. The average molecular weight is 282 g/mol. The number of hydrogen-bond acceptors (Lipinski definition) is 3. The van der Waals surface area contributed by atoms with Crippen LogP contribution in [-0.2, 0) is 14.4 Å². The molecule has 1 saturated carbocycles. The minimum atomic E-state index is -0.950. The number of aliphatic carboxylic acids is 1. The number of hydrogen-bond donors (Lipinski definition) is 2. The SMILES string of the molecule is CC1CCN(C(=O)[C@@H]2[C@H](C(=O)O)C2(C)C)C(C(N)=O)C1. The maximum Gasteiger partial charge on any atom is 0.307 e. The summed E-state index contributed by atoms with van der Waals surface area (Å²) < 4.78 is 0. The van der Waals surface area contributed by atoms with E-state index in [0.29, 0.717) is 18.9 Å². The first kappa shape index (κ1) is 14.8. The maximum atomic E-state index is 12.6. The van der Waals surface area contributed by atoms with Crippen molar-refractivity contribution in [3.05, 3.63) is 0 Å². The monoisotopic (exact) mass is 282 g/mol. The fraction of sp³-hybridized carbons (Fsp3) is 0.786. The Bertz CT molecular complexity index is 460. The van der Waals surface area contributed by atoms with Gasteiger partial charge in [-0.3, -0.25) is 14.4 Å². The highest BCUT2D eigenvalue weighted by atomic mass is 16.4. The number of carbonyl (C=O) groups excluding carboxylic acids is 2. The van der Waals surface area contributed by atoms with E-state index in [2.05, 4.69) is 0 Å². The molecule has 2 rings (SSSR count). The van der Waals surface area contributed by atoms with Gasteiger partial charge in [0, 0.05) is 6.54 Å². The zero-order chi connectivity index (χ0) is 15.2. The molecule has 6 heteroatoms. The first-order valence-electron chi connectivity index (χ1n) is 7.00. The van der Waals surface area contributed by atoms with E-state index >= 15 is 0 Å². The van der Waals surface area contributed by atoms with Crippen LogP contribution < -0.4 is 5.73 Å². The highest BCUT2D eigenvalue weighted by Crippen LogP contribution is 2.59. The van der Waals surface area contributed by atoms with E-state index in [9.17, 15) is 14.4 Å². The maximum absolute atomic E-state index is 12.6. The normalized spacial score (nSPS) is 35.5. The van der Waals surface area contributed by atoms with Gasteiger partial charge in [0.05, 0.1) is 11.8 Å². The van der Waals surface area contributed by atoms with Crippen LogP contribution in [0.25, 0.3) is 0 Å². The van der Waals surface area contributed by atoms with Gasteiger partial charge in [-0.25, -0.2) is 0 Å². The summed E-state index contributed by atoms with van der Waals surface area (Å²) in [6.07, 6.45) is 1.38. The molecule has 2 amide bonds. The van der Waals surface area contributed by atoms with Crippen molar-refractivity contribution < 1.29 is 19.5 Å². The molecule has 0 spiro atoms. The molecular weight excluding hydrogens is 260 g/mol. The van der Waals surface area contributed by atoms with E-state index in [-0.39, 0.29) is 5.91 Å². The largest absolute Gasteiger partial charge is 0.481 e. The van der Waals surface area contributed by atoms with Gasteiger partial charge in [0.25, 0.3) is 0 Å². The second-order valence-corrected chi connectivity index (χ2v) is 6.69. The zero-order valence-electron chi connectivity index (χ0n) is 12.1. The average Bonchev–Trinajstić information content (AvgIpc) is 2.91. The molecule has 0 bridgehead atoms. The molecule has 0 radical (unpaired) electrons. The Hall–Kier alpha value is -1.59. The van der Waals surface area contributed by atoms with Crippen LogP contribution in [0.2, 0.25) is 0 Å². The minimum absolute atomic E-state index is 0.238. The van der Waals surface area contributed by atoms with Gasteiger partial charge in [-0.2, -0.15) is 0 Å². The smallest absolute Gasteiger partial charge is 0.307 e. The number of rotatable bonds is 3. The molecule has 2 fully saturated rings. The molecule has 1 saturated heterocycles. The lowest BCUT2D eigenvalue weighted by atomic mass is 9.91. The highest BCUT2D eigenvalue weighted by molar-refractivity contribution is 5.94. The molecule has 3 N–H and O–H groups in total. The summed E-state index contributed by atoms with van der Waals surface area (Å²) in [5.74, 6) is -2.56. The van der Waals surface area contributed by atoms with Crippen molar-refractivity contribution in [2.45, 2.75) is 39.7 Å². The Morgan fingerprint density at radius 2 is 1.85 bits per heavy atom. The summed E-state index contributed by atoms with van der Waals surface area (Å²) >= 11 is 0. The number of amides is 2. The van der Waals surface area contributed by atoms with Crippen LogP contribution in [0, 0.1) is 23.2 Å². The summed E-state index contributed by atoms with van der Waals surface area (Å²) in [7, 11) is 0. The lowest BCUT2D eigenvalue weighted by Crippen LogP contribution is -2.53. The molecule has 0 aromatic rings. The molecule has 2 unspecified atom stereocenters. The number of primary amides is 1. The molecule has 0 aromatic heterocycles. The van der Waals surface area contributed by atoms with Crippen LogP contribution in [0.4, 0.5) is 0 Å². The van der Waals surface area contributed by atoms with Gasteiger partial charge in [-0.1, -0.05) is 20.8 Å². The third kappa shape index (κ3) is 2.27. The molecule has 2 aliphatic rings. The predicted octanol–water partition coefficient (Wildman–Crippen LogP) is 0.456. The molecule has 112 valence electrons. The molecule has 0 aromatic carbocycles. The fourth-order valence-electron chi connectivity index (χ4n) is 3.41. The summed E-state index contributed by atoms with van der Waals surface area (Å²) in [5.41, 5.74) is 4.84. The van der Waals surface area contributed by atoms with Crippen molar-refractivity contribution in [1.82, 2.24) is 4.90 Å². The lowest BCUT2D eigenvalue weighted by molar-refractivity contribution is -0.146. The number of likely N-dealkylation sites (tertiary alicyclic amines) is 1. The Morgan fingerprint density at radius 3 is 2.30 bits per heavy atom. The van der Waals surface area contributed by atoms with Gasteiger partial charge in [0.2, 0.25) is 11.8 Å². The second kappa shape index (κ2) is 4.75. The summed E-state index contributed by atoms with van der Waals surface area (Å²) in [6, 6.07) is -0.600. The van der Waals surface area contributed by atoms with Crippen LogP contribution >= 0.6 is 0 Å². The van der Waals surface area contributed by atoms with E-state index in [1.807, 2.05) is 6.92 Å². The molecular formula is C14H22N2O4. The Morgan fingerprint density at radius 1 is 1.25 bits per heavy atom. The third-order valence-electron chi connectivity index (χ3n) is 4.84. The molecule has 6 nitrogen and oxygen atoms in total. The predicted molar refractivity (Wildman–Crippen MR) is 71.5 cm³/mol. The van der Waals surface area contributed by atoms with Crippen molar-refractivity contribution in [2.75, 3.05) is 6.54 Å². The second-order valence-electron chi connectivity index (χ2n) is 6.69. The first-order valence-corrected chi connectivity index (χ1v) is 7.00. The summed E-state index contributed by atoms with van der Waals surface area (Å²) in [6.45, 7) is 6.06. The number of nitrogens with two attached hydrogens (primary N) is 1. The van der Waals surface area contributed by atoms with Gasteiger partial charge in [-0.15, -0.1) is 0 Å². The van der Waals surface area contributed by atoms with Gasteiger partial charge in [0.15, 0.2) is 0 Å². The van der Waals surface area contributed by atoms with Crippen LogP contribution in [0.1, 0.15) is 33.6 Å². The molecule has 1 aliphatic carbocycles. The van der Waals surface area contributed by atoms with Gasteiger partial charge in [0.1, 0.15) is 6.04 Å². The van der Waals surface area contributed by atoms with Crippen molar-refractivity contribution in [1.29, 1.82) is 0 Å². The van der Waals surface area contributed by atoms with Gasteiger partial charge >= 0.3 is 5.97 Å². The topological polar surface area (TPSA) is 101 Å².